The molecule has 2 aromatic rings. The standard InChI is InChI=1S/C12H15N5O/c1-14-12(18)9-2-3-11(10(13)4-9)15-5-8-6-16-17-7-8/h2-4,6-7,15H,5,13H2,1H3,(H,14,18)(H,16,17). The lowest BCUT2D eigenvalue weighted by molar-refractivity contribution is 0.0963. The third-order valence-electron chi connectivity index (χ3n) is 2.58. The molecule has 0 fully saturated rings. The molecule has 0 bridgehead atoms. The van der Waals surface area contributed by atoms with E-state index < -0.39 is 0 Å². The molecular weight excluding hydrogens is 230 g/mol. The van der Waals surface area contributed by atoms with Crippen LogP contribution in [-0.2, 0) is 6.54 Å². The zero-order chi connectivity index (χ0) is 13.0. The zero-order valence-corrected chi connectivity index (χ0v) is 10.0. The van der Waals surface area contributed by atoms with Crippen LogP contribution in [0.25, 0.3) is 0 Å². The number of nitrogens with two attached hydrogens (primary N) is 1. The summed E-state index contributed by atoms with van der Waals surface area (Å²) in [5, 5.41) is 12.3. The molecule has 6 nitrogen and oxygen atoms in total. The second kappa shape index (κ2) is 5.22. The Morgan fingerprint density at radius 2 is 2.33 bits per heavy atom. The topological polar surface area (TPSA) is 95.8 Å². The Morgan fingerprint density at radius 1 is 1.50 bits per heavy atom. The molecule has 1 aromatic heterocycles. The first-order valence-electron chi connectivity index (χ1n) is 5.54. The molecule has 1 amide bonds. The van der Waals surface area contributed by atoms with E-state index in [1.807, 2.05) is 6.20 Å². The van der Waals surface area contributed by atoms with Crippen molar-refractivity contribution < 1.29 is 4.79 Å². The third-order valence-corrected chi connectivity index (χ3v) is 2.58. The van der Waals surface area contributed by atoms with E-state index in [0.717, 1.165) is 11.3 Å². The molecule has 0 aliphatic rings. The van der Waals surface area contributed by atoms with E-state index in [9.17, 15) is 4.79 Å². The van der Waals surface area contributed by atoms with Crippen molar-refractivity contribution in [3.8, 4) is 0 Å². The summed E-state index contributed by atoms with van der Waals surface area (Å²) >= 11 is 0. The average Bonchev–Trinajstić information content (AvgIpc) is 2.89. The van der Waals surface area contributed by atoms with Gasteiger partial charge in [0.1, 0.15) is 0 Å². The van der Waals surface area contributed by atoms with Gasteiger partial charge in [0.15, 0.2) is 0 Å². The lowest BCUT2D eigenvalue weighted by Gasteiger charge is -2.09. The van der Waals surface area contributed by atoms with Gasteiger partial charge in [0.2, 0.25) is 0 Å². The fourth-order valence-electron chi connectivity index (χ4n) is 1.58. The maximum absolute atomic E-state index is 11.4. The maximum atomic E-state index is 11.4. The number of hydrogen-bond acceptors (Lipinski definition) is 4. The third kappa shape index (κ3) is 2.60. The molecule has 1 aromatic carbocycles. The number of aromatic amines is 1. The first-order valence-corrected chi connectivity index (χ1v) is 5.54. The molecule has 0 radical (unpaired) electrons. The minimum Gasteiger partial charge on any atom is -0.397 e. The molecule has 0 aliphatic heterocycles. The fraction of sp³-hybridized carbons (Fsp3) is 0.167. The van der Waals surface area contributed by atoms with Gasteiger partial charge in [0.05, 0.1) is 17.6 Å². The van der Waals surface area contributed by atoms with E-state index in [1.165, 1.54) is 0 Å². The first kappa shape index (κ1) is 12.0. The quantitative estimate of drug-likeness (QED) is 0.603. The van der Waals surface area contributed by atoms with Crippen molar-refractivity contribution in [2.75, 3.05) is 18.1 Å². The van der Waals surface area contributed by atoms with Gasteiger partial charge in [-0.1, -0.05) is 0 Å². The van der Waals surface area contributed by atoms with E-state index in [4.69, 9.17) is 5.73 Å². The van der Waals surface area contributed by atoms with Crippen molar-refractivity contribution >= 4 is 17.3 Å². The van der Waals surface area contributed by atoms with E-state index in [0.29, 0.717) is 17.8 Å². The largest absolute Gasteiger partial charge is 0.397 e. The van der Waals surface area contributed by atoms with Crippen LogP contribution in [-0.4, -0.2) is 23.2 Å². The van der Waals surface area contributed by atoms with Crippen molar-refractivity contribution in [3.63, 3.8) is 0 Å². The van der Waals surface area contributed by atoms with Crippen LogP contribution in [0, 0.1) is 0 Å². The Morgan fingerprint density at radius 3 is 2.94 bits per heavy atom. The molecule has 1 heterocycles. The summed E-state index contributed by atoms with van der Waals surface area (Å²) in [7, 11) is 1.59. The number of benzene rings is 1. The Hall–Kier alpha value is -2.50. The highest BCUT2D eigenvalue weighted by Crippen LogP contribution is 2.20. The highest BCUT2D eigenvalue weighted by atomic mass is 16.1. The van der Waals surface area contributed by atoms with Gasteiger partial charge in [-0.3, -0.25) is 9.89 Å². The maximum Gasteiger partial charge on any atom is 0.251 e. The second-order valence-corrected chi connectivity index (χ2v) is 3.84. The number of aromatic nitrogens is 2. The molecule has 0 aliphatic carbocycles. The van der Waals surface area contributed by atoms with Gasteiger partial charge in [-0.2, -0.15) is 5.10 Å². The van der Waals surface area contributed by atoms with Crippen LogP contribution in [0.1, 0.15) is 15.9 Å². The molecule has 0 saturated heterocycles. The number of nitrogens with zero attached hydrogens (tertiary/aromatic N) is 1. The summed E-state index contributed by atoms with van der Waals surface area (Å²) in [6, 6.07) is 5.17. The van der Waals surface area contributed by atoms with Crippen molar-refractivity contribution in [1.82, 2.24) is 15.5 Å². The van der Waals surface area contributed by atoms with E-state index in [-0.39, 0.29) is 5.91 Å². The normalized spacial score (nSPS) is 10.1. The Labute approximate surface area is 105 Å². The van der Waals surface area contributed by atoms with Gasteiger partial charge < -0.3 is 16.4 Å². The molecule has 6 heteroatoms. The minimum atomic E-state index is -0.150. The van der Waals surface area contributed by atoms with Crippen LogP contribution in [0.3, 0.4) is 0 Å². The summed E-state index contributed by atoms with van der Waals surface area (Å²) in [6.07, 6.45) is 3.55. The van der Waals surface area contributed by atoms with E-state index in [1.54, 1.807) is 31.4 Å². The van der Waals surface area contributed by atoms with Crippen LogP contribution < -0.4 is 16.4 Å². The Balaban J connectivity index is 2.08. The molecule has 2 rings (SSSR count). The number of amides is 1. The number of H-pyrrole nitrogens is 1. The SMILES string of the molecule is CNC(=O)c1ccc(NCc2cn[nH]c2)c(N)c1. The molecule has 5 N–H and O–H groups in total. The molecule has 0 saturated carbocycles. The van der Waals surface area contributed by atoms with Crippen LogP contribution in [0.2, 0.25) is 0 Å². The molecule has 18 heavy (non-hydrogen) atoms. The Kier molecular flexibility index (Phi) is 3.47. The number of nitrogen functional groups attached to an aromatic ring is 1. The van der Waals surface area contributed by atoms with Gasteiger partial charge in [0, 0.05) is 30.9 Å². The van der Waals surface area contributed by atoms with E-state index >= 15 is 0 Å². The van der Waals surface area contributed by atoms with Crippen LogP contribution in [0.4, 0.5) is 11.4 Å². The molecule has 0 atom stereocenters. The smallest absolute Gasteiger partial charge is 0.251 e. The average molecular weight is 245 g/mol. The Bertz CT molecular complexity index is 535. The lowest BCUT2D eigenvalue weighted by atomic mass is 10.1. The van der Waals surface area contributed by atoms with Crippen molar-refractivity contribution in [2.24, 2.45) is 0 Å². The predicted molar refractivity (Wildman–Crippen MR) is 70.2 cm³/mol. The number of hydrogen-bond donors (Lipinski definition) is 4. The lowest BCUT2D eigenvalue weighted by Crippen LogP contribution is -2.18. The minimum absolute atomic E-state index is 0.150. The highest BCUT2D eigenvalue weighted by molar-refractivity contribution is 5.95. The fourth-order valence-corrected chi connectivity index (χ4v) is 1.58. The number of carbonyl (C=O) groups is 1. The summed E-state index contributed by atoms with van der Waals surface area (Å²) in [6.45, 7) is 0.625. The van der Waals surface area contributed by atoms with Gasteiger partial charge in [-0.05, 0) is 18.2 Å². The predicted octanol–water partition coefficient (Wildman–Crippen LogP) is 0.964. The molecule has 94 valence electrons. The molecule has 0 spiro atoms. The number of nitrogens with one attached hydrogen (secondary N) is 3. The van der Waals surface area contributed by atoms with Crippen LogP contribution >= 0.6 is 0 Å². The number of carbonyl (C=O) groups excluding carboxylic acids is 1. The van der Waals surface area contributed by atoms with Gasteiger partial charge in [-0.15, -0.1) is 0 Å². The van der Waals surface area contributed by atoms with E-state index in [2.05, 4.69) is 20.8 Å². The number of rotatable bonds is 4. The van der Waals surface area contributed by atoms with Crippen LogP contribution in [0.15, 0.2) is 30.6 Å². The number of anilines is 2. The monoisotopic (exact) mass is 245 g/mol. The van der Waals surface area contributed by atoms with Gasteiger partial charge in [-0.25, -0.2) is 0 Å². The van der Waals surface area contributed by atoms with Crippen LogP contribution in [0.5, 0.6) is 0 Å². The van der Waals surface area contributed by atoms with Crippen molar-refractivity contribution in [1.29, 1.82) is 0 Å². The zero-order valence-electron chi connectivity index (χ0n) is 10.0. The molecule has 0 unspecified atom stereocenters. The highest BCUT2D eigenvalue weighted by Gasteiger charge is 2.06. The summed E-state index contributed by atoms with van der Waals surface area (Å²) < 4.78 is 0. The summed E-state index contributed by atoms with van der Waals surface area (Å²) in [4.78, 5) is 11.4. The van der Waals surface area contributed by atoms with Crippen molar-refractivity contribution in [3.05, 3.63) is 41.7 Å². The van der Waals surface area contributed by atoms with Gasteiger partial charge in [0.25, 0.3) is 5.91 Å². The molecular formula is C12H15N5O. The summed E-state index contributed by atoms with van der Waals surface area (Å²) in [5.41, 5.74) is 8.80. The van der Waals surface area contributed by atoms with Crippen molar-refractivity contribution in [2.45, 2.75) is 6.54 Å². The van der Waals surface area contributed by atoms with Gasteiger partial charge >= 0.3 is 0 Å². The summed E-state index contributed by atoms with van der Waals surface area (Å²) in [5.74, 6) is -0.150. The first-order chi connectivity index (χ1) is 8.70. The second-order valence-electron chi connectivity index (χ2n) is 3.84.